The number of nitrogens with zero attached hydrogens (tertiary/aromatic N) is 1. The fourth-order valence-electron chi connectivity index (χ4n) is 8.92. The Balaban J connectivity index is 1.16. The maximum Gasteiger partial charge on any atom is 0.0546 e. The standard InChI is InChI=1S/C58H39NS/c1-3-17-40(18-4-1)49-26-9-10-28-53(49)57-50(42-19-5-2-6-20-42)30-16-33-55(57)59(45-37-35-43(36-38-45)48-29-14-22-41-21-7-8-25-47(41)48)46-24-13-23-44(39-46)51-31-15-32-54-52-27-11-12-34-56(52)60-58(51)54/h1-39H. The molecule has 282 valence electrons. The summed E-state index contributed by atoms with van der Waals surface area (Å²) < 4.78 is 2.62. The van der Waals surface area contributed by atoms with Crippen molar-refractivity contribution in [3.05, 3.63) is 237 Å². The summed E-state index contributed by atoms with van der Waals surface area (Å²) in [6.07, 6.45) is 0. The van der Waals surface area contributed by atoms with Crippen LogP contribution in [0.15, 0.2) is 237 Å². The number of benzene rings is 10. The average molecular weight is 782 g/mol. The zero-order valence-electron chi connectivity index (χ0n) is 32.9. The highest BCUT2D eigenvalue weighted by Gasteiger charge is 2.23. The number of hydrogen-bond acceptors (Lipinski definition) is 2. The van der Waals surface area contributed by atoms with Crippen LogP contribution in [-0.2, 0) is 0 Å². The minimum atomic E-state index is 1.08. The van der Waals surface area contributed by atoms with Crippen LogP contribution in [0.5, 0.6) is 0 Å². The lowest BCUT2D eigenvalue weighted by molar-refractivity contribution is 1.28. The minimum Gasteiger partial charge on any atom is -0.310 e. The first kappa shape index (κ1) is 35.6. The predicted molar refractivity (Wildman–Crippen MR) is 259 cm³/mol. The van der Waals surface area contributed by atoms with E-state index < -0.39 is 0 Å². The van der Waals surface area contributed by atoms with E-state index in [-0.39, 0.29) is 0 Å². The number of fused-ring (bicyclic) bond motifs is 4. The molecule has 0 spiro atoms. The molecule has 0 fully saturated rings. The maximum atomic E-state index is 2.46. The topological polar surface area (TPSA) is 3.24 Å². The van der Waals surface area contributed by atoms with Gasteiger partial charge in [-0.3, -0.25) is 0 Å². The molecule has 0 N–H and O–H groups in total. The van der Waals surface area contributed by atoms with Crippen molar-refractivity contribution < 1.29 is 0 Å². The summed E-state index contributed by atoms with van der Waals surface area (Å²) in [4.78, 5) is 2.46. The molecular weight excluding hydrogens is 743 g/mol. The van der Waals surface area contributed by atoms with E-state index >= 15 is 0 Å². The lowest BCUT2D eigenvalue weighted by atomic mass is 9.87. The molecule has 2 heteroatoms. The Labute approximate surface area is 354 Å². The minimum absolute atomic E-state index is 1.08. The quantitative estimate of drug-likeness (QED) is 0.148. The third-order valence-electron chi connectivity index (χ3n) is 11.7. The van der Waals surface area contributed by atoms with E-state index in [1.165, 1.54) is 86.6 Å². The summed E-state index contributed by atoms with van der Waals surface area (Å²) in [7, 11) is 0. The first-order valence-electron chi connectivity index (χ1n) is 20.5. The normalized spacial score (nSPS) is 11.3. The summed E-state index contributed by atoms with van der Waals surface area (Å²) in [6, 6.07) is 86.2. The van der Waals surface area contributed by atoms with Crippen molar-refractivity contribution in [1.29, 1.82) is 0 Å². The van der Waals surface area contributed by atoms with Crippen molar-refractivity contribution in [2.24, 2.45) is 0 Å². The Morgan fingerprint density at radius 2 is 0.833 bits per heavy atom. The highest BCUT2D eigenvalue weighted by molar-refractivity contribution is 7.26. The molecule has 60 heavy (non-hydrogen) atoms. The van der Waals surface area contributed by atoms with Crippen molar-refractivity contribution in [3.63, 3.8) is 0 Å². The van der Waals surface area contributed by atoms with Gasteiger partial charge in [0.25, 0.3) is 0 Å². The Morgan fingerprint density at radius 1 is 0.300 bits per heavy atom. The molecule has 0 atom stereocenters. The Bertz CT molecular complexity index is 3300. The Morgan fingerprint density at radius 3 is 1.65 bits per heavy atom. The largest absolute Gasteiger partial charge is 0.310 e. The molecule has 0 aliphatic carbocycles. The van der Waals surface area contributed by atoms with Crippen molar-refractivity contribution in [1.82, 2.24) is 0 Å². The monoisotopic (exact) mass is 781 g/mol. The zero-order valence-corrected chi connectivity index (χ0v) is 33.7. The first-order valence-corrected chi connectivity index (χ1v) is 21.3. The van der Waals surface area contributed by atoms with Crippen LogP contribution in [0.1, 0.15) is 0 Å². The van der Waals surface area contributed by atoms with Gasteiger partial charge in [-0.15, -0.1) is 11.3 Å². The van der Waals surface area contributed by atoms with Gasteiger partial charge >= 0.3 is 0 Å². The molecule has 1 nitrogen and oxygen atoms in total. The van der Waals surface area contributed by atoms with E-state index in [2.05, 4.69) is 241 Å². The van der Waals surface area contributed by atoms with Gasteiger partial charge in [-0.2, -0.15) is 0 Å². The summed E-state index contributed by atoms with van der Waals surface area (Å²) in [5, 5.41) is 5.10. The zero-order chi connectivity index (χ0) is 39.8. The van der Waals surface area contributed by atoms with Gasteiger partial charge in [0.05, 0.1) is 5.69 Å². The molecule has 1 aromatic heterocycles. The van der Waals surface area contributed by atoms with Gasteiger partial charge in [-0.05, 0) is 97.2 Å². The van der Waals surface area contributed by atoms with Gasteiger partial charge in [-0.1, -0.05) is 200 Å². The molecular formula is C58H39NS. The second-order valence-corrected chi connectivity index (χ2v) is 16.3. The smallest absolute Gasteiger partial charge is 0.0546 e. The molecule has 1 heterocycles. The van der Waals surface area contributed by atoms with Crippen LogP contribution in [-0.4, -0.2) is 0 Å². The Hall–Kier alpha value is -7.52. The predicted octanol–water partition coefficient (Wildman–Crippen LogP) is 17.0. The summed E-state index contributed by atoms with van der Waals surface area (Å²) >= 11 is 1.88. The summed E-state index contributed by atoms with van der Waals surface area (Å²) in [5.41, 5.74) is 15.2. The van der Waals surface area contributed by atoms with E-state index in [4.69, 9.17) is 0 Å². The first-order chi connectivity index (χ1) is 29.8. The molecule has 0 saturated heterocycles. The van der Waals surface area contributed by atoms with Gasteiger partial charge in [-0.25, -0.2) is 0 Å². The van der Waals surface area contributed by atoms with E-state index in [1.54, 1.807) is 0 Å². The van der Waals surface area contributed by atoms with Crippen molar-refractivity contribution in [2.75, 3.05) is 4.90 Å². The number of thiophene rings is 1. The van der Waals surface area contributed by atoms with Gasteiger partial charge in [0.15, 0.2) is 0 Å². The lowest BCUT2D eigenvalue weighted by Gasteiger charge is -2.30. The third-order valence-corrected chi connectivity index (χ3v) is 12.9. The van der Waals surface area contributed by atoms with Crippen molar-refractivity contribution in [2.45, 2.75) is 0 Å². The van der Waals surface area contributed by atoms with Gasteiger partial charge in [0.1, 0.15) is 0 Å². The van der Waals surface area contributed by atoms with Crippen LogP contribution in [0.2, 0.25) is 0 Å². The van der Waals surface area contributed by atoms with Crippen LogP contribution in [0, 0.1) is 0 Å². The molecule has 0 aliphatic heterocycles. The van der Waals surface area contributed by atoms with E-state index in [0.717, 1.165) is 17.1 Å². The fraction of sp³-hybridized carbons (Fsp3) is 0. The van der Waals surface area contributed by atoms with Crippen molar-refractivity contribution in [3.8, 4) is 55.6 Å². The van der Waals surface area contributed by atoms with Crippen LogP contribution in [0.4, 0.5) is 17.1 Å². The maximum absolute atomic E-state index is 2.46. The SMILES string of the molecule is c1ccc(-c2ccccc2-c2c(-c3ccccc3)cccc2N(c2ccc(-c3cccc4ccccc34)cc2)c2cccc(-c3cccc4c3sc3ccccc34)c2)cc1. The Kier molecular flexibility index (Phi) is 9.11. The van der Waals surface area contributed by atoms with Gasteiger partial charge in [0.2, 0.25) is 0 Å². The molecule has 11 rings (SSSR count). The molecule has 0 amide bonds. The average Bonchev–Trinajstić information content (AvgIpc) is 3.71. The van der Waals surface area contributed by atoms with Gasteiger partial charge in [0, 0.05) is 37.1 Å². The summed E-state index contributed by atoms with van der Waals surface area (Å²) in [5.74, 6) is 0. The molecule has 0 saturated carbocycles. The summed E-state index contributed by atoms with van der Waals surface area (Å²) in [6.45, 7) is 0. The third kappa shape index (κ3) is 6.35. The van der Waals surface area contributed by atoms with E-state index in [9.17, 15) is 0 Å². The highest BCUT2D eigenvalue weighted by atomic mass is 32.1. The lowest BCUT2D eigenvalue weighted by Crippen LogP contribution is -2.12. The number of rotatable bonds is 8. The van der Waals surface area contributed by atoms with Gasteiger partial charge < -0.3 is 4.90 Å². The fourth-order valence-corrected chi connectivity index (χ4v) is 10.2. The molecule has 11 aromatic rings. The van der Waals surface area contributed by atoms with Crippen LogP contribution < -0.4 is 4.90 Å². The second kappa shape index (κ2) is 15.3. The number of hydrogen-bond donors (Lipinski definition) is 0. The molecule has 0 bridgehead atoms. The molecule has 0 radical (unpaired) electrons. The highest BCUT2D eigenvalue weighted by Crippen LogP contribution is 2.49. The second-order valence-electron chi connectivity index (χ2n) is 15.2. The number of anilines is 3. The molecule has 0 unspecified atom stereocenters. The molecule has 0 aliphatic rings. The van der Waals surface area contributed by atoms with Crippen LogP contribution >= 0.6 is 11.3 Å². The van der Waals surface area contributed by atoms with E-state index in [0.29, 0.717) is 0 Å². The van der Waals surface area contributed by atoms with E-state index in [1.807, 2.05) is 11.3 Å². The molecule has 10 aromatic carbocycles. The van der Waals surface area contributed by atoms with Crippen LogP contribution in [0.25, 0.3) is 86.6 Å². The van der Waals surface area contributed by atoms with Crippen molar-refractivity contribution >= 4 is 59.3 Å². The van der Waals surface area contributed by atoms with Crippen LogP contribution in [0.3, 0.4) is 0 Å².